The average Bonchev–Trinajstić information content (AvgIpc) is 2.91. The van der Waals surface area contributed by atoms with E-state index in [4.69, 9.17) is 9.47 Å². The van der Waals surface area contributed by atoms with Gasteiger partial charge in [-0.05, 0) is 55.3 Å². The zero-order valence-corrected chi connectivity index (χ0v) is 11.1. The number of rotatable bonds is 3. The van der Waals surface area contributed by atoms with Crippen molar-refractivity contribution in [2.75, 3.05) is 13.2 Å². The minimum Gasteiger partial charge on any atom is -0.372 e. The van der Waals surface area contributed by atoms with E-state index >= 15 is 0 Å². The van der Waals surface area contributed by atoms with Crippen LogP contribution in [0.1, 0.15) is 52.4 Å². The third-order valence-corrected chi connectivity index (χ3v) is 5.55. The van der Waals surface area contributed by atoms with Gasteiger partial charge in [0.25, 0.3) is 0 Å². The van der Waals surface area contributed by atoms with E-state index in [1.807, 2.05) is 0 Å². The van der Waals surface area contributed by atoms with Crippen molar-refractivity contribution < 1.29 is 9.47 Å². The summed E-state index contributed by atoms with van der Waals surface area (Å²) < 4.78 is 11.7. The van der Waals surface area contributed by atoms with E-state index in [0.717, 1.165) is 19.1 Å². The molecule has 5 rings (SSSR count). The highest BCUT2D eigenvalue weighted by atomic mass is 16.6. The Hall–Kier alpha value is -0.0800. The summed E-state index contributed by atoms with van der Waals surface area (Å²) in [5.74, 6) is 0.932. The molecule has 0 radical (unpaired) electrons. The van der Waals surface area contributed by atoms with Gasteiger partial charge in [-0.3, -0.25) is 0 Å². The lowest BCUT2D eigenvalue weighted by molar-refractivity contribution is -0.215. The third-order valence-electron chi connectivity index (χ3n) is 5.55. The van der Waals surface area contributed by atoms with Crippen LogP contribution in [0, 0.1) is 16.7 Å². The van der Waals surface area contributed by atoms with Crippen molar-refractivity contribution in [3.05, 3.63) is 0 Å². The lowest BCUT2D eigenvalue weighted by Gasteiger charge is -2.65. The zero-order valence-electron chi connectivity index (χ0n) is 11.1. The van der Waals surface area contributed by atoms with Crippen molar-refractivity contribution in [2.24, 2.45) is 16.7 Å². The maximum Gasteiger partial charge on any atom is 0.104 e. The lowest BCUT2D eigenvalue weighted by Crippen LogP contribution is -2.59. The Balaban J connectivity index is 1.58. The second-order valence-electron chi connectivity index (χ2n) is 8.08. The van der Waals surface area contributed by atoms with Gasteiger partial charge in [-0.25, -0.2) is 0 Å². The van der Waals surface area contributed by atoms with Gasteiger partial charge in [0, 0.05) is 0 Å². The van der Waals surface area contributed by atoms with Gasteiger partial charge >= 0.3 is 0 Å². The molecule has 4 saturated carbocycles. The molecule has 1 aliphatic heterocycles. The van der Waals surface area contributed by atoms with E-state index in [-0.39, 0.29) is 5.60 Å². The minimum absolute atomic E-state index is 0.217. The van der Waals surface area contributed by atoms with Crippen molar-refractivity contribution in [2.45, 2.75) is 64.1 Å². The Morgan fingerprint density at radius 1 is 1.06 bits per heavy atom. The number of epoxide rings is 1. The summed E-state index contributed by atoms with van der Waals surface area (Å²) in [5.41, 5.74) is 1.35. The van der Waals surface area contributed by atoms with Crippen LogP contribution in [-0.4, -0.2) is 24.9 Å². The molecule has 0 aromatic rings. The van der Waals surface area contributed by atoms with Gasteiger partial charge in [0.1, 0.15) is 6.10 Å². The second kappa shape index (κ2) is 3.08. The van der Waals surface area contributed by atoms with E-state index in [2.05, 4.69) is 13.8 Å². The van der Waals surface area contributed by atoms with Crippen molar-refractivity contribution in [3.8, 4) is 0 Å². The summed E-state index contributed by atoms with van der Waals surface area (Å²) in [6, 6.07) is 0. The van der Waals surface area contributed by atoms with Gasteiger partial charge in [-0.15, -0.1) is 0 Å². The molecule has 4 aliphatic carbocycles. The monoisotopic (exact) mass is 236 g/mol. The summed E-state index contributed by atoms with van der Waals surface area (Å²) in [6.45, 7) is 6.77. The molecule has 2 nitrogen and oxygen atoms in total. The quantitative estimate of drug-likeness (QED) is 0.702. The Kier molecular flexibility index (Phi) is 1.96. The van der Waals surface area contributed by atoms with Crippen LogP contribution in [0.5, 0.6) is 0 Å². The normalized spacial score (nSPS) is 59.6. The van der Waals surface area contributed by atoms with Gasteiger partial charge < -0.3 is 9.47 Å². The summed E-state index contributed by atoms with van der Waals surface area (Å²) in [7, 11) is 0. The molecule has 0 N–H and O–H groups in total. The first-order valence-electron chi connectivity index (χ1n) is 7.24. The molecule has 5 fully saturated rings. The van der Waals surface area contributed by atoms with Crippen molar-refractivity contribution >= 4 is 0 Å². The molecule has 0 spiro atoms. The molecule has 4 bridgehead atoms. The molecule has 1 saturated heterocycles. The first-order chi connectivity index (χ1) is 7.99. The highest BCUT2D eigenvalue weighted by Gasteiger charge is 2.60. The smallest absolute Gasteiger partial charge is 0.104 e. The number of hydrogen-bond acceptors (Lipinski definition) is 2. The SMILES string of the molecule is C[C@]12CC3CC(OCC4CO4)(C1)C[C@@](C)(C3)C2. The summed E-state index contributed by atoms with van der Waals surface area (Å²) in [6.07, 6.45) is 8.69. The summed E-state index contributed by atoms with van der Waals surface area (Å²) >= 11 is 0. The third kappa shape index (κ3) is 1.76. The fraction of sp³-hybridized carbons (Fsp3) is 1.00. The van der Waals surface area contributed by atoms with Crippen LogP contribution in [0.15, 0.2) is 0 Å². The first kappa shape index (κ1) is 10.8. The summed E-state index contributed by atoms with van der Waals surface area (Å²) in [5, 5.41) is 0. The Morgan fingerprint density at radius 2 is 1.71 bits per heavy atom. The fourth-order valence-corrected chi connectivity index (χ4v) is 5.94. The predicted octanol–water partition coefficient (Wildman–Crippen LogP) is 3.15. The van der Waals surface area contributed by atoms with E-state index in [1.54, 1.807) is 0 Å². The standard InChI is InChI=1S/C15H24O2/c1-13-3-11-4-14(2,8-13)10-15(5-11,9-13)17-7-12-6-16-12/h11-12H,3-10H2,1-2H3/t11?,12?,13-,14+,15?. The Labute approximate surface area is 104 Å². The minimum atomic E-state index is 0.217. The van der Waals surface area contributed by atoms with Gasteiger partial charge in [-0.1, -0.05) is 13.8 Å². The van der Waals surface area contributed by atoms with Gasteiger partial charge in [0.2, 0.25) is 0 Å². The van der Waals surface area contributed by atoms with Crippen molar-refractivity contribution in [1.82, 2.24) is 0 Å². The molecular weight excluding hydrogens is 212 g/mol. The molecule has 17 heavy (non-hydrogen) atoms. The second-order valence-corrected chi connectivity index (χ2v) is 8.08. The van der Waals surface area contributed by atoms with Crippen LogP contribution >= 0.6 is 0 Å². The molecule has 2 heteroatoms. The largest absolute Gasteiger partial charge is 0.372 e. The first-order valence-corrected chi connectivity index (χ1v) is 7.24. The molecule has 0 amide bonds. The van der Waals surface area contributed by atoms with Crippen LogP contribution in [0.25, 0.3) is 0 Å². The van der Waals surface area contributed by atoms with E-state index in [1.165, 1.54) is 38.5 Å². The van der Waals surface area contributed by atoms with Gasteiger partial charge in [-0.2, -0.15) is 0 Å². The van der Waals surface area contributed by atoms with Crippen LogP contribution < -0.4 is 0 Å². The highest BCUT2D eigenvalue weighted by molar-refractivity contribution is 5.12. The maximum absolute atomic E-state index is 6.37. The molecule has 0 aromatic heterocycles. The molecule has 3 unspecified atom stereocenters. The van der Waals surface area contributed by atoms with Crippen LogP contribution in [-0.2, 0) is 9.47 Å². The molecule has 5 atom stereocenters. The lowest BCUT2D eigenvalue weighted by atomic mass is 9.43. The van der Waals surface area contributed by atoms with Gasteiger partial charge in [0.05, 0.1) is 18.8 Å². The molecule has 96 valence electrons. The van der Waals surface area contributed by atoms with E-state index < -0.39 is 0 Å². The van der Waals surface area contributed by atoms with Crippen LogP contribution in [0.2, 0.25) is 0 Å². The maximum atomic E-state index is 6.37. The summed E-state index contributed by atoms with van der Waals surface area (Å²) in [4.78, 5) is 0. The fourth-order valence-electron chi connectivity index (χ4n) is 5.94. The molecular formula is C15H24O2. The molecule has 1 heterocycles. The van der Waals surface area contributed by atoms with E-state index in [0.29, 0.717) is 16.9 Å². The number of ether oxygens (including phenoxy) is 2. The molecule has 5 aliphatic rings. The highest BCUT2D eigenvalue weighted by Crippen LogP contribution is 2.67. The van der Waals surface area contributed by atoms with E-state index in [9.17, 15) is 0 Å². The Bertz CT molecular complexity index is 329. The van der Waals surface area contributed by atoms with Crippen LogP contribution in [0.3, 0.4) is 0 Å². The number of hydrogen-bond donors (Lipinski definition) is 0. The van der Waals surface area contributed by atoms with Crippen molar-refractivity contribution in [1.29, 1.82) is 0 Å². The predicted molar refractivity (Wildman–Crippen MR) is 65.8 cm³/mol. The van der Waals surface area contributed by atoms with Crippen LogP contribution in [0.4, 0.5) is 0 Å². The topological polar surface area (TPSA) is 21.8 Å². The zero-order chi connectivity index (χ0) is 11.7. The Morgan fingerprint density at radius 3 is 2.24 bits per heavy atom. The van der Waals surface area contributed by atoms with Crippen molar-refractivity contribution in [3.63, 3.8) is 0 Å². The molecule has 0 aromatic carbocycles. The average molecular weight is 236 g/mol. The van der Waals surface area contributed by atoms with Gasteiger partial charge in [0.15, 0.2) is 0 Å².